The Balaban J connectivity index is 2.13. The number of rotatable bonds is 6. The molecule has 0 radical (unpaired) electrons. The highest BCUT2D eigenvalue weighted by Gasteiger charge is 2.36. The molecule has 2 aromatic carbocycles. The average Bonchev–Trinajstić information content (AvgIpc) is 2.64. The molecule has 0 spiro atoms. The van der Waals surface area contributed by atoms with Gasteiger partial charge in [0.15, 0.2) is 11.5 Å². The standard InChI is InChI=1S/C20H23ClN2O4/c1-12-6-7-13(10-15(12)21)22-18(24)20(2,3)19(25)23-14-8-9-16(26-4)17(11-14)27-5/h6-11H,1-5H3,(H,22,24)(H,23,25). The predicted molar refractivity (Wildman–Crippen MR) is 107 cm³/mol. The zero-order valence-corrected chi connectivity index (χ0v) is 16.7. The minimum Gasteiger partial charge on any atom is -0.493 e. The molecule has 0 aliphatic heterocycles. The SMILES string of the molecule is COc1ccc(NC(=O)C(C)(C)C(=O)Nc2ccc(C)c(Cl)c2)cc1OC. The van der Waals surface area contributed by atoms with Gasteiger partial charge in [-0.2, -0.15) is 0 Å². The van der Waals surface area contributed by atoms with Crippen molar-refractivity contribution in [2.75, 3.05) is 24.9 Å². The Labute approximate surface area is 163 Å². The Kier molecular flexibility index (Phi) is 6.33. The van der Waals surface area contributed by atoms with Crippen molar-refractivity contribution in [1.29, 1.82) is 0 Å². The lowest BCUT2D eigenvalue weighted by Crippen LogP contribution is -2.41. The van der Waals surface area contributed by atoms with E-state index < -0.39 is 17.2 Å². The van der Waals surface area contributed by atoms with Gasteiger partial charge < -0.3 is 20.1 Å². The highest BCUT2D eigenvalue weighted by atomic mass is 35.5. The molecule has 0 heterocycles. The number of carbonyl (C=O) groups is 2. The zero-order chi connectivity index (χ0) is 20.2. The van der Waals surface area contributed by atoms with Gasteiger partial charge in [-0.05, 0) is 50.6 Å². The van der Waals surface area contributed by atoms with Crippen molar-refractivity contribution in [1.82, 2.24) is 0 Å². The summed E-state index contributed by atoms with van der Waals surface area (Å²) in [6.45, 7) is 4.97. The summed E-state index contributed by atoms with van der Waals surface area (Å²) in [4.78, 5) is 25.3. The summed E-state index contributed by atoms with van der Waals surface area (Å²) in [6, 6.07) is 10.2. The van der Waals surface area contributed by atoms with Crippen LogP contribution in [0.5, 0.6) is 11.5 Å². The Morgan fingerprint density at radius 1 is 0.889 bits per heavy atom. The third-order valence-corrected chi connectivity index (χ3v) is 4.61. The van der Waals surface area contributed by atoms with E-state index in [0.717, 1.165) is 5.56 Å². The number of ether oxygens (including phenoxy) is 2. The smallest absolute Gasteiger partial charge is 0.239 e. The normalized spacial score (nSPS) is 10.9. The molecule has 0 saturated heterocycles. The molecule has 0 aromatic heterocycles. The fraction of sp³-hybridized carbons (Fsp3) is 0.300. The number of nitrogens with one attached hydrogen (secondary N) is 2. The van der Waals surface area contributed by atoms with Crippen LogP contribution in [0.3, 0.4) is 0 Å². The molecule has 0 saturated carbocycles. The van der Waals surface area contributed by atoms with Crippen molar-refractivity contribution >= 4 is 34.8 Å². The Hall–Kier alpha value is -2.73. The largest absolute Gasteiger partial charge is 0.493 e. The van der Waals surface area contributed by atoms with Crippen molar-refractivity contribution in [3.8, 4) is 11.5 Å². The van der Waals surface area contributed by atoms with Gasteiger partial charge in [0.05, 0.1) is 14.2 Å². The number of halogens is 1. The predicted octanol–water partition coefficient (Wildman–Crippen LogP) is 4.27. The number of hydrogen-bond acceptors (Lipinski definition) is 4. The molecule has 0 unspecified atom stereocenters. The molecular formula is C20H23ClN2O4. The van der Waals surface area contributed by atoms with E-state index in [1.54, 1.807) is 50.2 Å². The molecule has 0 bridgehead atoms. The molecule has 0 aliphatic carbocycles. The fourth-order valence-electron chi connectivity index (χ4n) is 2.26. The molecular weight excluding hydrogens is 368 g/mol. The van der Waals surface area contributed by atoms with Crippen LogP contribution in [0.25, 0.3) is 0 Å². The number of benzene rings is 2. The van der Waals surface area contributed by atoms with Gasteiger partial charge in [0, 0.05) is 22.5 Å². The minimum absolute atomic E-state index is 0.444. The van der Waals surface area contributed by atoms with Crippen LogP contribution in [0.2, 0.25) is 5.02 Å². The minimum atomic E-state index is -1.31. The van der Waals surface area contributed by atoms with Crippen LogP contribution in [0.4, 0.5) is 11.4 Å². The van der Waals surface area contributed by atoms with E-state index in [2.05, 4.69) is 10.6 Å². The van der Waals surface area contributed by atoms with Crippen molar-refractivity contribution in [2.24, 2.45) is 5.41 Å². The van der Waals surface area contributed by atoms with Crippen molar-refractivity contribution in [3.63, 3.8) is 0 Å². The first-order valence-corrected chi connectivity index (χ1v) is 8.68. The highest BCUT2D eigenvalue weighted by Crippen LogP contribution is 2.31. The number of aryl methyl sites for hydroxylation is 1. The second-order valence-electron chi connectivity index (χ2n) is 6.57. The van der Waals surface area contributed by atoms with Gasteiger partial charge in [0.2, 0.25) is 11.8 Å². The summed E-state index contributed by atoms with van der Waals surface area (Å²) < 4.78 is 10.4. The first kappa shape index (κ1) is 20.6. The lowest BCUT2D eigenvalue weighted by atomic mass is 9.90. The van der Waals surface area contributed by atoms with Gasteiger partial charge >= 0.3 is 0 Å². The maximum absolute atomic E-state index is 12.7. The van der Waals surface area contributed by atoms with E-state index >= 15 is 0 Å². The third kappa shape index (κ3) is 4.71. The average molecular weight is 391 g/mol. The number of anilines is 2. The Morgan fingerprint density at radius 2 is 1.41 bits per heavy atom. The molecule has 144 valence electrons. The van der Waals surface area contributed by atoms with E-state index in [4.69, 9.17) is 21.1 Å². The summed E-state index contributed by atoms with van der Waals surface area (Å²) in [7, 11) is 3.04. The van der Waals surface area contributed by atoms with Gasteiger partial charge in [-0.15, -0.1) is 0 Å². The molecule has 27 heavy (non-hydrogen) atoms. The number of carbonyl (C=O) groups excluding carboxylic acids is 2. The van der Waals surface area contributed by atoms with Crippen LogP contribution >= 0.6 is 11.6 Å². The molecule has 2 N–H and O–H groups in total. The summed E-state index contributed by atoms with van der Waals surface area (Å²) in [5.74, 6) is 0.126. The summed E-state index contributed by atoms with van der Waals surface area (Å²) >= 11 is 6.08. The summed E-state index contributed by atoms with van der Waals surface area (Å²) in [5.41, 5.74) is 0.615. The summed E-state index contributed by atoms with van der Waals surface area (Å²) in [6.07, 6.45) is 0. The number of hydrogen-bond donors (Lipinski definition) is 2. The maximum atomic E-state index is 12.7. The fourth-order valence-corrected chi connectivity index (χ4v) is 2.44. The van der Waals surface area contributed by atoms with Crippen molar-refractivity contribution in [2.45, 2.75) is 20.8 Å². The second-order valence-corrected chi connectivity index (χ2v) is 6.97. The number of methoxy groups -OCH3 is 2. The zero-order valence-electron chi connectivity index (χ0n) is 16.0. The monoisotopic (exact) mass is 390 g/mol. The van der Waals surface area contributed by atoms with E-state index in [9.17, 15) is 9.59 Å². The van der Waals surface area contributed by atoms with Gasteiger partial charge in [-0.1, -0.05) is 17.7 Å². The first-order chi connectivity index (χ1) is 12.7. The molecule has 0 fully saturated rings. The van der Waals surface area contributed by atoms with Gasteiger partial charge in [0.1, 0.15) is 5.41 Å². The maximum Gasteiger partial charge on any atom is 0.239 e. The van der Waals surface area contributed by atoms with Crippen LogP contribution in [0.15, 0.2) is 36.4 Å². The molecule has 6 nitrogen and oxygen atoms in total. The van der Waals surface area contributed by atoms with Crippen molar-refractivity contribution < 1.29 is 19.1 Å². The molecule has 2 aromatic rings. The summed E-state index contributed by atoms with van der Waals surface area (Å²) in [5, 5.41) is 6.00. The first-order valence-electron chi connectivity index (χ1n) is 8.30. The topological polar surface area (TPSA) is 76.7 Å². The van der Waals surface area contributed by atoms with Crippen LogP contribution in [-0.2, 0) is 9.59 Å². The lowest BCUT2D eigenvalue weighted by molar-refractivity contribution is -0.135. The second kappa shape index (κ2) is 8.31. The van der Waals surface area contributed by atoms with Crippen molar-refractivity contribution in [3.05, 3.63) is 47.0 Å². The molecule has 2 rings (SSSR count). The van der Waals surface area contributed by atoms with E-state index in [-0.39, 0.29) is 0 Å². The highest BCUT2D eigenvalue weighted by molar-refractivity contribution is 6.31. The third-order valence-electron chi connectivity index (χ3n) is 4.21. The van der Waals surface area contributed by atoms with Crippen LogP contribution in [-0.4, -0.2) is 26.0 Å². The van der Waals surface area contributed by atoms with Crippen LogP contribution in [0, 0.1) is 12.3 Å². The molecule has 7 heteroatoms. The Morgan fingerprint density at radius 3 is 1.93 bits per heavy atom. The molecule has 2 amide bonds. The molecule has 0 atom stereocenters. The lowest BCUT2D eigenvalue weighted by Gasteiger charge is -2.23. The van der Waals surface area contributed by atoms with E-state index in [1.165, 1.54) is 14.2 Å². The Bertz CT molecular complexity index is 865. The van der Waals surface area contributed by atoms with Crippen LogP contribution in [0.1, 0.15) is 19.4 Å². The van der Waals surface area contributed by atoms with Gasteiger partial charge in [-0.3, -0.25) is 9.59 Å². The number of amides is 2. The van der Waals surface area contributed by atoms with Gasteiger partial charge in [-0.25, -0.2) is 0 Å². The van der Waals surface area contributed by atoms with Crippen LogP contribution < -0.4 is 20.1 Å². The quantitative estimate of drug-likeness (QED) is 0.722. The molecule has 0 aliphatic rings. The van der Waals surface area contributed by atoms with Gasteiger partial charge in [0.25, 0.3) is 0 Å². The van der Waals surface area contributed by atoms with E-state index in [0.29, 0.717) is 27.9 Å². The van der Waals surface area contributed by atoms with E-state index in [1.807, 2.05) is 6.92 Å².